The van der Waals surface area contributed by atoms with E-state index in [4.69, 9.17) is 9.53 Å². The summed E-state index contributed by atoms with van der Waals surface area (Å²) in [6.45, 7) is 8.78. The van der Waals surface area contributed by atoms with Crippen molar-refractivity contribution >= 4 is 41.0 Å². The van der Waals surface area contributed by atoms with Crippen molar-refractivity contribution in [2.24, 2.45) is 0 Å². The number of aryl methyl sites for hydroxylation is 2. The van der Waals surface area contributed by atoms with Crippen molar-refractivity contribution in [2.75, 3.05) is 20.3 Å². The molecule has 2 aromatic heterocycles. The number of carbonyl (C=O) groups is 3. The van der Waals surface area contributed by atoms with E-state index in [9.17, 15) is 14.7 Å². The van der Waals surface area contributed by atoms with Crippen LogP contribution in [0, 0.1) is 6.92 Å². The van der Waals surface area contributed by atoms with Crippen LogP contribution in [0.2, 0.25) is 0 Å². The van der Waals surface area contributed by atoms with Crippen molar-refractivity contribution in [3.05, 3.63) is 62.8 Å². The summed E-state index contributed by atoms with van der Waals surface area (Å²) in [4.78, 5) is 39.0. The molecule has 11 heteroatoms. The van der Waals surface area contributed by atoms with E-state index < -0.39 is 0 Å². The van der Waals surface area contributed by atoms with Crippen LogP contribution in [0.5, 0.6) is 10.9 Å². The minimum Gasteiger partial charge on any atom is -0.508 e. The van der Waals surface area contributed by atoms with Crippen LogP contribution in [-0.2, 0) is 16.0 Å². The molecule has 37 heavy (non-hydrogen) atoms. The lowest BCUT2D eigenvalue weighted by atomic mass is 10.1. The van der Waals surface area contributed by atoms with Crippen LogP contribution in [0.3, 0.4) is 0 Å². The normalized spacial score (nSPS) is 10.5. The Bertz CT molecular complexity index is 1090. The molecule has 0 radical (unpaired) electrons. The average molecular weight is 550 g/mol. The van der Waals surface area contributed by atoms with Gasteiger partial charge in [-0.3, -0.25) is 14.4 Å². The topological polar surface area (TPSA) is 127 Å². The SMILES string of the molecule is CC.COC=O.Cc1nc(OCCCc2cccc(O)c2)sc1C(=O)NC(C)CNC(=O)c1cccs1. The van der Waals surface area contributed by atoms with E-state index in [0.717, 1.165) is 18.4 Å². The van der Waals surface area contributed by atoms with E-state index in [1.165, 1.54) is 29.8 Å². The van der Waals surface area contributed by atoms with Gasteiger partial charge in [0.15, 0.2) is 0 Å². The first-order valence-corrected chi connectivity index (χ1v) is 13.5. The maximum Gasteiger partial charge on any atom is 0.292 e. The van der Waals surface area contributed by atoms with Gasteiger partial charge in [-0.25, -0.2) is 4.98 Å². The number of carbonyl (C=O) groups excluding carboxylic acids is 3. The highest BCUT2D eigenvalue weighted by atomic mass is 32.1. The van der Waals surface area contributed by atoms with Crippen molar-refractivity contribution in [3.8, 4) is 10.9 Å². The van der Waals surface area contributed by atoms with E-state index in [0.29, 0.717) is 40.3 Å². The zero-order valence-electron chi connectivity index (χ0n) is 21.8. The minimum atomic E-state index is -0.234. The smallest absolute Gasteiger partial charge is 0.292 e. The minimum absolute atomic E-state index is 0.147. The quantitative estimate of drug-likeness (QED) is 0.236. The van der Waals surface area contributed by atoms with Gasteiger partial charge in [-0.05, 0) is 55.8 Å². The Labute approximate surface area is 225 Å². The van der Waals surface area contributed by atoms with Gasteiger partial charge in [0, 0.05) is 12.6 Å². The van der Waals surface area contributed by atoms with Gasteiger partial charge in [-0.2, -0.15) is 0 Å². The van der Waals surface area contributed by atoms with Crippen LogP contribution < -0.4 is 15.4 Å². The number of hydrogen-bond acceptors (Lipinski definition) is 9. The Kier molecular flexibility index (Phi) is 15.3. The van der Waals surface area contributed by atoms with Gasteiger partial charge in [0.25, 0.3) is 23.5 Å². The summed E-state index contributed by atoms with van der Waals surface area (Å²) in [6, 6.07) is 10.5. The number of phenols is 1. The molecule has 202 valence electrons. The van der Waals surface area contributed by atoms with E-state index >= 15 is 0 Å². The molecular weight excluding hydrogens is 514 g/mol. The second kappa shape index (κ2) is 17.9. The van der Waals surface area contributed by atoms with Crippen molar-refractivity contribution in [3.63, 3.8) is 0 Å². The molecule has 0 saturated carbocycles. The number of ether oxygens (including phenoxy) is 2. The molecule has 3 N–H and O–H groups in total. The first-order valence-electron chi connectivity index (χ1n) is 11.8. The van der Waals surface area contributed by atoms with Gasteiger partial charge < -0.3 is 25.2 Å². The Morgan fingerprint density at radius 3 is 2.54 bits per heavy atom. The van der Waals surface area contributed by atoms with Gasteiger partial charge in [0.2, 0.25) is 0 Å². The lowest BCUT2D eigenvalue weighted by molar-refractivity contribution is -0.126. The second-order valence-corrected chi connectivity index (χ2v) is 9.32. The maximum absolute atomic E-state index is 12.6. The molecule has 0 fully saturated rings. The van der Waals surface area contributed by atoms with Crippen molar-refractivity contribution in [2.45, 2.75) is 46.6 Å². The molecule has 1 atom stereocenters. The van der Waals surface area contributed by atoms with Crippen LogP contribution in [0.1, 0.15) is 57.8 Å². The fourth-order valence-electron chi connectivity index (χ4n) is 2.87. The standard InChI is InChI=1S/C22H25N3O4S2.C2H4O2.C2H6/c1-14(13-23-20(27)18-9-5-11-30-18)24-21(28)19-15(2)25-22(31-19)29-10-4-7-16-6-3-8-17(26)12-16;1-4-2-3;1-2/h3,5-6,8-9,11-12,14,26H,4,7,10,13H2,1-2H3,(H,23,27)(H,24,28);2H,1H3;1-2H3. The van der Waals surface area contributed by atoms with Gasteiger partial charge >= 0.3 is 0 Å². The summed E-state index contributed by atoms with van der Waals surface area (Å²) in [6.07, 6.45) is 1.55. The summed E-state index contributed by atoms with van der Waals surface area (Å²) in [5, 5.41) is 17.5. The van der Waals surface area contributed by atoms with Gasteiger partial charge in [0.05, 0.1) is 24.3 Å². The molecule has 9 nitrogen and oxygen atoms in total. The predicted molar refractivity (Wildman–Crippen MR) is 147 cm³/mol. The Hall–Kier alpha value is -3.44. The first kappa shape index (κ1) is 31.6. The Balaban J connectivity index is 0.00000104. The van der Waals surface area contributed by atoms with Gasteiger partial charge in [-0.1, -0.05) is 43.4 Å². The number of rotatable bonds is 11. The molecule has 0 spiro atoms. The summed E-state index contributed by atoms with van der Waals surface area (Å²) in [7, 11) is 1.31. The van der Waals surface area contributed by atoms with E-state index in [-0.39, 0.29) is 23.6 Å². The largest absolute Gasteiger partial charge is 0.508 e. The number of amides is 2. The van der Waals surface area contributed by atoms with Crippen molar-refractivity contribution in [1.82, 2.24) is 15.6 Å². The fraction of sp³-hybridized carbons (Fsp3) is 0.385. The zero-order chi connectivity index (χ0) is 27.6. The van der Waals surface area contributed by atoms with Crippen molar-refractivity contribution in [1.29, 1.82) is 0 Å². The predicted octanol–water partition coefficient (Wildman–Crippen LogP) is 4.59. The molecule has 0 bridgehead atoms. The molecular formula is C26H35N3O6S2. The molecule has 0 aliphatic heterocycles. The van der Waals surface area contributed by atoms with Crippen LogP contribution >= 0.6 is 22.7 Å². The highest BCUT2D eigenvalue weighted by Gasteiger charge is 2.18. The number of nitrogens with one attached hydrogen (secondary N) is 2. The number of phenolic OH excluding ortho intramolecular Hbond substituents is 1. The molecule has 0 aliphatic carbocycles. The summed E-state index contributed by atoms with van der Waals surface area (Å²) in [5.41, 5.74) is 1.65. The molecule has 3 aromatic rings. The molecule has 0 aliphatic rings. The third kappa shape index (κ3) is 11.9. The molecule has 3 rings (SSSR count). The highest BCUT2D eigenvalue weighted by molar-refractivity contribution is 7.15. The molecule has 2 heterocycles. The summed E-state index contributed by atoms with van der Waals surface area (Å²) < 4.78 is 9.57. The molecule has 2 amide bonds. The fourth-order valence-corrected chi connectivity index (χ4v) is 4.36. The van der Waals surface area contributed by atoms with Crippen LogP contribution in [-0.4, -0.2) is 54.7 Å². The number of aromatic hydroxyl groups is 1. The van der Waals surface area contributed by atoms with Gasteiger partial charge in [0.1, 0.15) is 10.6 Å². The number of aromatic nitrogens is 1. The Morgan fingerprint density at radius 2 is 1.92 bits per heavy atom. The van der Waals surface area contributed by atoms with Gasteiger partial charge in [-0.15, -0.1) is 11.3 Å². The van der Waals surface area contributed by atoms with E-state index in [1.54, 1.807) is 25.1 Å². The third-order valence-electron chi connectivity index (χ3n) is 4.52. The van der Waals surface area contributed by atoms with Crippen LogP contribution in [0.4, 0.5) is 0 Å². The van der Waals surface area contributed by atoms with Crippen molar-refractivity contribution < 1.29 is 29.0 Å². The number of benzene rings is 1. The lowest BCUT2D eigenvalue weighted by Gasteiger charge is -2.14. The Morgan fingerprint density at radius 1 is 1.19 bits per heavy atom. The second-order valence-electron chi connectivity index (χ2n) is 7.41. The highest BCUT2D eigenvalue weighted by Crippen LogP contribution is 2.25. The number of methoxy groups -OCH3 is 1. The van der Waals surface area contributed by atoms with E-state index in [2.05, 4.69) is 20.4 Å². The number of thiophene rings is 1. The lowest BCUT2D eigenvalue weighted by Crippen LogP contribution is -2.41. The van der Waals surface area contributed by atoms with E-state index in [1.807, 2.05) is 44.4 Å². The average Bonchev–Trinajstić information content (AvgIpc) is 3.57. The zero-order valence-corrected chi connectivity index (χ0v) is 23.4. The molecule has 0 saturated heterocycles. The summed E-state index contributed by atoms with van der Waals surface area (Å²) in [5.74, 6) is -0.126. The molecule has 1 unspecified atom stereocenters. The maximum atomic E-state index is 12.6. The first-order chi connectivity index (χ1) is 17.8. The molecule has 1 aromatic carbocycles. The summed E-state index contributed by atoms with van der Waals surface area (Å²) >= 11 is 2.58. The number of thiazole rings is 1. The number of hydrogen-bond donors (Lipinski definition) is 3. The monoisotopic (exact) mass is 549 g/mol. The third-order valence-corrected chi connectivity index (χ3v) is 6.45. The van der Waals surface area contributed by atoms with Crippen LogP contribution in [0.15, 0.2) is 41.8 Å². The van der Waals surface area contributed by atoms with Crippen LogP contribution in [0.25, 0.3) is 0 Å². The number of nitrogens with zero attached hydrogens (tertiary/aromatic N) is 1.